The van der Waals surface area contributed by atoms with E-state index in [1.807, 2.05) is 0 Å². The number of hydrogen-bond donors (Lipinski definition) is 0. The summed E-state index contributed by atoms with van der Waals surface area (Å²) in [6.45, 7) is 0.696. The van der Waals surface area contributed by atoms with E-state index in [0.29, 0.717) is 13.0 Å². The van der Waals surface area contributed by atoms with Crippen molar-refractivity contribution in [3.63, 3.8) is 0 Å². The molecular formula is C13H13ClF3NO2. The van der Waals surface area contributed by atoms with Gasteiger partial charge in [-0.2, -0.15) is 13.2 Å². The van der Waals surface area contributed by atoms with Gasteiger partial charge in [0.2, 0.25) is 0 Å². The Morgan fingerprint density at radius 3 is 2.75 bits per heavy atom. The van der Waals surface area contributed by atoms with Crippen LogP contribution < -0.4 is 0 Å². The number of Topliss-reactive ketones (excluding diaryl/α,β-unsaturated/α-hetero) is 1. The average Bonchev–Trinajstić information content (AvgIpc) is 2.87. The fourth-order valence-corrected chi connectivity index (χ4v) is 2.36. The second kappa shape index (κ2) is 6.10. The molecule has 20 heavy (non-hydrogen) atoms. The summed E-state index contributed by atoms with van der Waals surface area (Å²) in [6.07, 6.45) is -1.88. The first-order valence-electron chi connectivity index (χ1n) is 6.26. The van der Waals surface area contributed by atoms with E-state index >= 15 is 0 Å². The minimum absolute atomic E-state index is 0.0256. The molecule has 2 heterocycles. The number of pyridine rings is 1. The summed E-state index contributed by atoms with van der Waals surface area (Å²) in [7, 11) is 0. The fraction of sp³-hybridized carbons (Fsp3) is 0.538. The van der Waals surface area contributed by atoms with Crippen LogP contribution in [0.3, 0.4) is 0 Å². The minimum Gasteiger partial charge on any atom is -0.378 e. The van der Waals surface area contributed by atoms with Crippen molar-refractivity contribution in [2.75, 3.05) is 6.61 Å². The number of hydrogen-bond acceptors (Lipinski definition) is 3. The van der Waals surface area contributed by atoms with Crippen molar-refractivity contribution in [3.8, 4) is 0 Å². The zero-order valence-electron chi connectivity index (χ0n) is 10.5. The molecule has 2 rings (SSSR count). The van der Waals surface area contributed by atoms with Gasteiger partial charge in [0.25, 0.3) is 0 Å². The van der Waals surface area contributed by atoms with Crippen LogP contribution in [0.1, 0.15) is 41.7 Å². The zero-order valence-corrected chi connectivity index (χ0v) is 11.3. The number of ether oxygens (including phenoxy) is 1. The molecule has 3 nitrogen and oxygen atoms in total. The van der Waals surface area contributed by atoms with Gasteiger partial charge in [0.1, 0.15) is 10.8 Å². The molecule has 1 aliphatic rings. The highest BCUT2D eigenvalue weighted by Crippen LogP contribution is 2.30. The van der Waals surface area contributed by atoms with Gasteiger partial charge in [0.05, 0.1) is 11.7 Å². The SMILES string of the molecule is O=C(CCC1CCCO1)c1ccc(C(F)(F)F)nc1Cl. The lowest BCUT2D eigenvalue weighted by Gasteiger charge is -2.10. The number of carbonyl (C=O) groups is 1. The predicted octanol–water partition coefficient (Wildman–Crippen LogP) is 3.90. The Bertz CT molecular complexity index is 499. The molecular weight excluding hydrogens is 295 g/mol. The summed E-state index contributed by atoms with van der Waals surface area (Å²) >= 11 is 5.66. The molecule has 110 valence electrons. The molecule has 0 radical (unpaired) electrons. The Morgan fingerprint density at radius 2 is 2.20 bits per heavy atom. The molecule has 0 saturated carbocycles. The highest BCUT2D eigenvalue weighted by Gasteiger charge is 2.33. The molecule has 0 aliphatic carbocycles. The predicted molar refractivity (Wildman–Crippen MR) is 66.8 cm³/mol. The number of nitrogens with zero attached hydrogens (tertiary/aromatic N) is 1. The highest BCUT2D eigenvalue weighted by molar-refractivity contribution is 6.32. The van der Waals surface area contributed by atoms with Crippen molar-refractivity contribution < 1.29 is 22.7 Å². The summed E-state index contributed by atoms with van der Waals surface area (Å²) in [5, 5.41) is -0.405. The maximum absolute atomic E-state index is 12.4. The Labute approximate surface area is 119 Å². The first-order valence-corrected chi connectivity index (χ1v) is 6.64. The highest BCUT2D eigenvalue weighted by atomic mass is 35.5. The number of aromatic nitrogens is 1. The van der Waals surface area contributed by atoms with Gasteiger partial charge < -0.3 is 4.74 Å². The lowest BCUT2D eigenvalue weighted by molar-refractivity contribution is -0.141. The van der Waals surface area contributed by atoms with E-state index in [-0.39, 0.29) is 23.9 Å². The molecule has 1 unspecified atom stereocenters. The molecule has 0 bridgehead atoms. The Hall–Kier alpha value is -1.14. The van der Waals surface area contributed by atoms with E-state index in [2.05, 4.69) is 4.98 Å². The number of rotatable bonds is 4. The van der Waals surface area contributed by atoms with Gasteiger partial charge in [-0.15, -0.1) is 0 Å². The molecule has 1 saturated heterocycles. The molecule has 1 aromatic rings. The monoisotopic (exact) mass is 307 g/mol. The van der Waals surface area contributed by atoms with Crippen molar-refractivity contribution >= 4 is 17.4 Å². The van der Waals surface area contributed by atoms with Crippen LogP contribution in [-0.2, 0) is 10.9 Å². The third-order valence-electron chi connectivity index (χ3n) is 3.16. The minimum atomic E-state index is -4.57. The molecule has 1 fully saturated rings. The van der Waals surface area contributed by atoms with Gasteiger partial charge in [0, 0.05) is 13.0 Å². The first-order chi connectivity index (χ1) is 9.38. The van der Waals surface area contributed by atoms with Gasteiger partial charge >= 0.3 is 6.18 Å². The van der Waals surface area contributed by atoms with Crippen LogP contribution in [0.4, 0.5) is 13.2 Å². The van der Waals surface area contributed by atoms with Crippen LogP contribution in [0.2, 0.25) is 5.15 Å². The number of halogens is 4. The second-order valence-corrected chi connectivity index (χ2v) is 4.99. The topological polar surface area (TPSA) is 39.2 Å². The summed E-state index contributed by atoms with van der Waals surface area (Å²) in [6, 6.07) is 1.85. The van der Waals surface area contributed by atoms with Crippen molar-refractivity contribution in [3.05, 3.63) is 28.5 Å². The summed E-state index contributed by atoms with van der Waals surface area (Å²) in [5.41, 5.74) is -1.07. The Balaban J connectivity index is 2.02. The quantitative estimate of drug-likeness (QED) is 0.625. The largest absolute Gasteiger partial charge is 0.433 e. The van der Waals surface area contributed by atoms with Gasteiger partial charge in [-0.3, -0.25) is 4.79 Å². The smallest absolute Gasteiger partial charge is 0.378 e. The van der Waals surface area contributed by atoms with Crippen molar-refractivity contribution in [1.82, 2.24) is 4.98 Å². The van der Waals surface area contributed by atoms with Crippen LogP contribution in [-0.4, -0.2) is 23.5 Å². The second-order valence-electron chi connectivity index (χ2n) is 4.63. The summed E-state index contributed by atoms with van der Waals surface area (Å²) in [4.78, 5) is 15.2. The maximum Gasteiger partial charge on any atom is 0.433 e. The molecule has 0 spiro atoms. The summed E-state index contributed by atoms with van der Waals surface area (Å²) in [5.74, 6) is -0.313. The molecule has 0 N–H and O–H groups in total. The van der Waals surface area contributed by atoms with E-state index < -0.39 is 17.0 Å². The average molecular weight is 308 g/mol. The molecule has 1 atom stereocenters. The molecule has 1 aromatic heterocycles. The van der Waals surface area contributed by atoms with E-state index in [0.717, 1.165) is 25.0 Å². The van der Waals surface area contributed by atoms with Crippen LogP contribution in [0.15, 0.2) is 12.1 Å². The lowest BCUT2D eigenvalue weighted by Crippen LogP contribution is -2.12. The Kier molecular flexibility index (Phi) is 4.65. The van der Waals surface area contributed by atoms with Gasteiger partial charge in [-0.05, 0) is 31.4 Å². The van der Waals surface area contributed by atoms with Crippen LogP contribution >= 0.6 is 11.6 Å². The van der Waals surface area contributed by atoms with Crippen LogP contribution in [0.25, 0.3) is 0 Å². The number of carbonyl (C=O) groups excluding carboxylic acids is 1. The van der Waals surface area contributed by atoms with Gasteiger partial charge in [0.15, 0.2) is 5.78 Å². The third kappa shape index (κ3) is 3.70. The molecule has 0 aromatic carbocycles. The number of ketones is 1. The zero-order chi connectivity index (χ0) is 14.8. The normalized spacial score (nSPS) is 19.3. The molecule has 1 aliphatic heterocycles. The standard InChI is InChI=1S/C13H13ClF3NO2/c14-12-9(4-6-11(18-12)13(15,16)17)10(19)5-3-8-2-1-7-20-8/h4,6,8H,1-3,5,7H2. The summed E-state index contributed by atoms with van der Waals surface area (Å²) < 4.78 is 42.7. The van der Waals surface area contributed by atoms with Crippen molar-refractivity contribution in [2.24, 2.45) is 0 Å². The van der Waals surface area contributed by atoms with Crippen molar-refractivity contribution in [2.45, 2.75) is 38.0 Å². The van der Waals surface area contributed by atoms with E-state index in [1.54, 1.807) is 0 Å². The Morgan fingerprint density at radius 1 is 1.45 bits per heavy atom. The van der Waals surface area contributed by atoms with E-state index in [4.69, 9.17) is 16.3 Å². The molecule has 0 amide bonds. The lowest BCUT2D eigenvalue weighted by atomic mass is 10.0. The van der Waals surface area contributed by atoms with Gasteiger partial charge in [-0.25, -0.2) is 4.98 Å². The van der Waals surface area contributed by atoms with Crippen LogP contribution in [0.5, 0.6) is 0 Å². The van der Waals surface area contributed by atoms with E-state index in [1.165, 1.54) is 0 Å². The fourth-order valence-electron chi connectivity index (χ4n) is 2.10. The number of alkyl halides is 3. The van der Waals surface area contributed by atoms with Crippen LogP contribution in [0, 0.1) is 0 Å². The first kappa shape index (κ1) is 15.3. The van der Waals surface area contributed by atoms with E-state index in [9.17, 15) is 18.0 Å². The maximum atomic E-state index is 12.4. The molecule has 7 heteroatoms. The third-order valence-corrected chi connectivity index (χ3v) is 3.45. The van der Waals surface area contributed by atoms with Gasteiger partial charge in [-0.1, -0.05) is 11.6 Å². The van der Waals surface area contributed by atoms with Crippen molar-refractivity contribution in [1.29, 1.82) is 0 Å².